The molecule has 0 saturated heterocycles. The lowest BCUT2D eigenvalue weighted by atomic mass is 10.1. The van der Waals surface area contributed by atoms with Crippen LogP contribution in [-0.4, -0.2) is 34.7 Å². The van der Waals surface area contributed by atoms with Crippen LogP contribution in [0.2, 0.25) is 0 Å². The van der Waals surface area contributed by atoms with Crippen LogP contribution < -0.4 is 5.32 Å². The number of benzene rings is 2. The maximum atomic E-state index is 13.2. The molecule has 0 aliphatic carbocycles. The molecule has 0 fully saturated rings. The summed E-state index contributed by atoms with van der Waals surface area (Å²) in [6.07, 6.45) is 0. The molecule has 28 heavy (non-hydrogen) atoms. The zero-order chi connectivity index (χ0) is 20.3. The number of carbonyl (C=O) groups is 1. The van der Waals surface area contributed by atoms with Gasteiger partial charge in [0.15, 0.2) is 0 Å². The van der Waals surface area contributed by atoms with Gasteiger partial charge in [-0.25, -0.2) is 9.07 Å². The molecule has 0 radical (unpaired) electrons. The van der Waals surface area contributed by atoms with Gasteiger partial charge in [-0.05, 0) is 63.3 Å². The van der Waals surface area contributed by atoms with Gasteiger partial charge in [-0.1, -0.05) is 24.3 Å². The Morgan fingerprint density at radius 2 is 1.64 bits per heavy atom. The van der Waals surface area contributed by atoms with E-state index in [1.165, 1.54) is 17.7 Å². The highest BCUT2D eigenvalue weighted by Gasteiger charge is 2.19. The number of halogens is 1. The van der Waals surface area contributed by atoms with Crippen LogP contribution >= 0.6 is 0 Å². The Morgan fingerprint density at radius 1 is 1.04 bits per heavy atom. The minimum atomic E-state index is -0.306. The van der Waals surface area contributed by atoms with Crippen LogP contribution in [0.5, 0.6) is 0 Å². The summed E-state index contributed by atoms with van der Waals surface area (Å²) in [5, 5.41) is 7.42. The third kappa shape index (κ3) is 4.46. The molecular weight excluding hydrogens is 355 g/mol. The van der Waals surface area contributed by atoms with Gasteiger partial charge >= 0.3 is 0 Å². The van der Waals surface area contributed by atoms with E-state index in [4.69, 9.17) is 0 Å². The van der Waals surface area contributed by atoms with Crippen LogP contribution in [0.15, 0.2) is 48.5 Å². The minimum absolute atomic E-state index is 0.166. The molecule has 3 rings (SSSR count). The highest BCUT2D eigenvalue weighted by Crippen LogP contribution is 2.18. The van der Waals surface area contributed by atoms with Crippen LogP contribution in [0.4, 0.5) is 4.39 Å². The van der Waals surface area contributed by atoms with Crippen LogP contribution in [0, 0.1) is 19.7 Å². The highest BCUT2D eigenvalue weighted by molar-refractivity contribution is 5.96. The lowest BCUT2D eigenvalue weighted by molar-refractivity contribution is 0.0949. The summed E-state index contributed by atoms with van der Waals surface area (Å²) in [7, 11) is 4.07. The van der Waals surface area contributed by atoms with Gasteiger partial charge in [0, 0.05) is 13.1 Å². The number of aromatic nitrogens is 2. The second-order valence-corrected chi connectivity index (χ2v) is 7.17. The van der Waals surface area contributed by atoms with Crippen molar-refractivity contribution in [2.75, 3.05) is 14.1 Å². The summed E-state index contributed by atoms with van der Waals surface area (Å²) >= 11 is 0. The fourth-order valence-corrected chi connectivity index (χ4v) is 3.20. The van der Waals surface area contributed by atoms with Crippen molar-refractivity contribution in [3.8, 4) is 5.69 Å². The minimum Gasteiger partial charge on any atom is -0.348 e. The molecule has 0 aliphatic rings. The number of aryl methyl sites for hydroxylation is 1. The molecule has 0 aliphatic heterocycles. The molecule has 3 aromatic rings. The summed E-state index contributed by atoms with van der Waals surface area (Å²) in [6, 6.07) is 14.3. The molecule has 0 unspecified atom stereocenters. The predicted molar refractivity (Wildman–Crippen MR) is 108 cm³/mol. The largest absolute Gasteiger partial charge is 0.348 e. The predicted octanol–water partition coefficient (Wildman–Crippen LogP) is 3.62. The SMILES string of the molecule is Cc1nn(-c2ccc(F)cc2)c(C)c1C(=O)NCc1ccc(CN(C)C)cc1. The van der Waals surface area contributed by atoms with Gasteiger partial charge in [-0.15, -0.1) is 0 Å². The Morgan fingerprint density at radius 3 is 2.25 bits per heavy atom. The number of amides is 1. The molecule has 5 nitrogen and oxygen atoms in total. The van der Waals surface area contributed by atoms with Crippen molar-refractivity contribution in [1.82, 2.24) is 20.0 Å². The zero-order valence-corrected chi connectivity index (χ0v) is 16.7. The molecule has 6 heteroatoms. The van der Waals surface area contributed by atoms with E-state index in [-0.39, 0.29) is 11.7 Å². The Hall–Kier alpha value is -2.99. The molecule has 0 atom stereocenters. The summed E-state index contributed by atoms with van der Waals surface area (Å²) in [5.41, 5.74) is 4.90. The van der Waals surface area contributed by atoms with E-state index in [1.807, 2.05) is 33.2 Å². The van der Waals surface area contributed by atoms with Crippen molar-refractivity contribution in [1.29, 1.82) is 0 Å². The van der Waals surface area contributed by atoms with Gasteiger partial charge in [-0.3, -0.25) is 4.79 Å². The van der Waals surface area contributed by atoms with E-state index in [2.05, 4.69) is 27.4 Å². The molecule has 146 valence electrons. The van der Waals surface area contributed by atoms with Crippen molar-refractivity contribution in [3.63, 3.8) is 0 Å². The fourth-order valence-electron chi connectivity index (χ4n) is 3.20. The Labute approximate surface area is 164 Å². The summed E-state index contributed by atoms with van der Waals surface area (Å²) < 4.78 is 14.8. The van der Waals surface area contributed by atoms with Crippen LogP contribution in [0.3, 0.4) is 0 Å². The lowest BCUT2D eigenvalue weighted by Crippen LogP contribution is -2.24. The van der Waals surface area contributed by atoms with E-state index >= 15 is 0 Å². The molecule has 1 amide bonds. The maximum absolute atomic E-state index is 13.2. The van der Waals surface area contributed by atoms with E-state index in [1.54, 1.807) is 23.7 Å². The fraction of sp³-hybridized carbons (Fsp3) is 0.273. The van der Waals surface area contributed by atoms with Crippen molar-refractivity contribution in [2.45, 2.75) is 26.9 Å². The number of nitrogens with one attached hydrogen (secondary N) is 1. The van der Waals surface area contributed by atoms with E-state index < -0.39 is 0 Å². The molecule has 1 N–H and O–H groups in total. The third-order valence-corrected chi connectivity index (χ3v) is 4.56. The first kappa shape index (κ1) is 19.8. The van der Waals surface area contributed by atoms with Gasteiger partial charge in [0.25, 0.3) is 5.91 Å². The van der Waals surface area contributed by atoms with Crippen LogP contribution in [0.25, 0.3) is 5.69 Å². The first-order chi connectivity index (χ1) is 13.3. The quantitative estimate of drug-likeness (QED) is 0.711. The number of hydrogen-bond acceptors (Lipinski definition) is 3. The Bertz CT molecular complexity index is 959. The maximum Gasteiger partial charge on any atom is 0.255 e. The molecule has 0 saturated carbocycles. The molecule has 0 bridgehead atoms. The third-order valence-electron chi connectivity index (χ3n) is 4.56. The molecule has 0 spiro atoms. The lowest BCUT2D eigenvalue weighted by Gasteiger charge is -2.11. The first-order valence-electron chi connectivity index (χ1n) is 9.18. The summed E-state index contributed by atoms with van der Waals surface area (Å²) in [5.74, 6) is -0.472. The van der Waals surface area contributed by atoms with Crippen LogP contribution in [0.1, 0.15) is 32.9 Å². The molecule has 1 aromatic heterocycles. The van der Waals surface area contributed by atoms with E-state index in [9.17, 15) is 9.18 Å². The zero-order valence-electron chi connectivity index (χ0n) is 16.7. The number of hydrogen-bond donors (Lipinski definition) is 1. The summed E-state index contributed by atoms with van der Waals surface area (Å²) in [6.45, 7) is 4.97. The Balaban J connectivity index is 1.71. The topological polar surface area (TPSA) is 50.2 Å². The molecule has 1 heterocycles. The van der Waals surface area contributed by atoms with Gasteiger partial charge in [-0.2, -0.15) is 5.10 Å². The average Bonchev–Trinajstić information content (AvgIpc) is 2.95. The molecular formula is C22H25FN4O. The number of nitrogens with zero attached hydrogens (tertiary/aromatic N) is 3. The van der Waals surface area contributed by atoms with Crippen molar-refractivity contribution >= 4 is 5.91 Å². The van der Waals surface area contributed by atoms with Crippen molar-refractivity contribution in [2.24, 2.45) is 0 Å². The number of rotatable bonds is 6. The second-order valence-electron chi connectivity index (χ2n) is 7.17. The first-order valence-corrected chi connectivity index (χ1v) is 9.18. The Kier molecular flexibility index (Phi) is 5.90. The molecule has 2 aromatic carbocycles. The highest BCUT2D eigenvalue weighted by atomic mass is 19.1. The number of carbonyl (C=O) groups excluding carboxylic acids is 1. The van der Waals surface area contributed by atoms with Gasteiger partial charge in [0.05, 0.1) is 22.6 Å². The van der Waals surface area contributed by atoms with Gasteiger partial charge in [0.1, 0.15) is 5.82 Å². The van der Waals surface area contributed by atoms with Gasteiger partial charge < -0.3 is 10.2 Å². The standard InChI is InChI=1S/C22H25FN4O/c1-15-21(16(2)27(25-15)20-11-9-19(23)10-12-20)22(28)24-13-17-5-7-18(8-6-17)14-26(3)4/h5-12H,13-14H2,1-4H3,(H,24,28). The van der Waals surface area contributed by atoms with Crippen molar-refractivity contribution < 1.29 is 9.18 Å². The van der Waals surface area contributed by atoms with Crippen LogP contribution in [-0.2, 0) is 13.1 Å². The normalized spacial score (nSPS) is 11.1. The summed E-state index contributed by atoms with van der Waals surface area (Å²) in [4.78, 5) is 14.9. The smallest absolute Gasteiger partial charge is 0.255 e. The van der Waals surface area contributed by atoms with E-state index in [0.717, 1.165) is 23.5 Å². The second kappa shape index (κ2) is 8.35. The monoisotopic (exact) mass is 380 g/mol. The van der Waals surface area contributed by atoms with Gasteiger partial charge in [0.2, 0.25) is 0 Å². The average molecular weight is 380 g/mol. The van der Waals surface area contributed by atoms with E-state index in [0.29, 0.717) is 17.8 Å². The van der Waals surface area contributed by atoms with Crippen molar-refractivity contribution in [3.05, 3.63) is 82.4 Å².